The highest BCUT2D eigenvalue weighted by Crippen LogP contribution is 2.80. The third-order valence-electron chi connectivity index (χ3n) is 10.3. The number of rotatable bonds is 5. The molecule has 3 fully saturated rings. The first-order valence-electron chi connectivity index (χ1n) is 14.5. The SMILES string of the molecule is CCOC(=O)CC1(C#N)C2C3=C4C=C(Cl)SC4(C)C4(C)SC(Cl)=CC4=C3C(C2=C2CCCCC2)C1(C#N)C(=O)OCC. The van der Waals surface area contributed by atoms with Gasteiger partial charge in [-0.3, -0.25) is 9.59 Å². The molecule has 2 bridgehead atoms. The molecule has 6 atom stereocenters. The number of carbonyl (C=O) groups excluding carboxylic acids is 2. The van der Waals surface area contributed by atoms with Crippen LogP contribution in [0.2, 0.25) is 0 Å². The van der Waals surface area contributed by atoms with Crippen molar-refractivity contribution in [3.05, 3.63) is 54.3 Å². The molecule has 0 spiro atoms. The van der Waals surface area contributed by atoms with Crippen LogP contribution in [0.3, 0.4) is 0 Å². The molecule has 2 aliphatic heterocycles. The summed E-state index contributed by atoms with van der Waals surface area (Å²) in [6, 6.07) is 4.80. The van der Waals surface area contributed by atoms with Crippen LogP contribution < -0.4 is 0 Å². The molecule has 6 unspecified atom stereocenters. The van der Waals surface area contributed by atoms with Crippen LogP contribution in [0.25, 0.3) is 0 Å². The van der Waals surface area contributed by atoms with Gasteiger partial charge in [0.1, 0.15) is 5.41 Å². The lowest BCUT2D eigenvalue weighted by molar-refractivity contribution is -0.161. The lowest BCUT2D eigenvalue weighted by Crippen LogP contribution is -2.56. The molecule has 0 radical (unpaired) electrons. The predicted molar refractivity (Wildman–Crippen MR) is 165 cm³/mol. The molecule has 6 aliphatic rings. The number of nitriles is 2. The van der Waals surface area contributed by atoms with Crippen molar-refractivity contribution in [3.8, 4) is 12.1 Å². The molecule has 2 heterocycles. The largest absolute Gasteiger partial charge is 0.466 e. The molecule has 10 heteroatoms. The van der Waals surface area contributed by atoms with Crippen LogP contribution in [0.5, 0.6) is 0 Å². The summed E-state index contributed by atoms with van der Waals surface area (Å²) in [5.41, 5.74) is 2.15. The van der Waals surface area contributed by atoms with Gasteiger partial charge in [-0.2, -0.15) is 10.5 Å². The highest BCUT2D eigenvalue weighted by atomic mass is 35.5. The van der Waals surface area contributed by atoms with Crippen LogP contribution >= 0.6 is 46.7 Å². The molecule has 0 amide bonds. The fourth-order valence-corrected chi connectivity index (χ4v) is 12.3. The molecular weight excluding hydrogens is 611 g/mol. The first kappa shape index (κ1) is 29.9. The van der Waals surface area contributed by atoms with Gasteiger partial charge in [0, 0.05) is 11.8 Å². The van der Waals surface area contributed by atoms with E-state index in [1.165, 1.54) is 5.57 Å². The molecule has 4 aliphatic carbocycles. The van der Waals surface area contributed by atoms with Gasteiger partial charge < -0.3 is 9.47 Å². The van der Waals surface area contributed by atoms with E-state index in [4.69, 9.17) is 32.7 Å². The third-order valence-corrected chi connectivity index (χ3v) is 13.8. The maximum absolute atomic E-state index is 14.3. The summed E-state index contributed by atoms with van der Waals surface area (Å²) in [5, 5.41) is 22.4. The Bertz CT molecular complexity index is 1560. The zero-order valence-electron chi connectivity index (χ0n) is 24.1. The number of nitrogens with zero attached hydrogens (tertiary/aromatic N) is 2. The summed E-state index contributed by atoms with van der Waals surface area (Å²) in [6.45, 7) is 7.85. The van der Waals surface area contributed by atoms with Gasteiger partial charge in [0.15, 0.2) is 5.41 Å². The van der Waals surface area contributed by atoms with Gasteiger partial charge in [-0.15, -0.1) is 23.5 Å². The molecule has 0 N–H and O–H groups in total. The quantitative estimate of drug-likeness (QED) is 0.221. The third kappa shape index (κ3) is 3.53. The molecule has 0 aromatic carbocycles. The molecule has 3 saturated carbocycles. The van der Waals surface area contributed by atoms with E-state index in [1.807, 2.05) is 12.2 Å². The van der Waals surface area contributed by atoms with Crippen LogP contribution in [0.15, 0.2) is 54.3 Å². The summed E-state index contributed by atoms with van der Waals surface area (Å²) in [7, 11) is 0. The lowest BCUT2D eigenvalue weighted by Gasteiger charge is -2.52. The Morgan fingerprint density at radius 1 is 0.905 bits per heavy atom. The average molecular weight is 644 g/mol. The summed E-state index contributed by atoms with van der Waals surface area (Å²) < 4.78 is 11.2. The maximum atomic E-state index is 14.3. The van der Waals surface area contributed by atoms with Gasteiger partial charge in [0.05, 0.1) is 50.0 Å². The van der Waals surface area contributed by atoms with Crippen LogP contribution in [0.1, 0.15) is 66.2 Å². The highest BCUT2D eigenvalue weighted by molar-refractivity contribution is 8.10. The van der Waals surface area contributed by atoms with Crippen molar-refractivity contribution in [1.29, 1.82) is 10.5 Å². The molecule has 0 saturated heterocycles. The van der Waals surface area contributed by atoms with Crippen molar-refractivity contribution in [2.45, 2.75) is 75.7 Å². The van der Waals surface area contributed by atoms with Gasteiger partial charge in [-0.05, 0) is 87.8 Å². The monoisotopic (exact) mass is 642 g/mol. The van der Waals surface area contributed by atoms with E-state index in [1.54, 1.807) is 37.4 Å². The Kier molecular flexibility index (Phi) is 7.30. The summed E-state index contributed by atoms with van der Waals surface area (Å²) >= 11 is 16.7. The normalized spacial score (nSPS) is 37.9. The average Bonchev–Trinajstić information content (AvgIpc) is 3.64. The summed E-state index contributed by atoms with van der Waals surface area (Å²) in [6.07, 6.45) is 8.27. The molecule has 6 nitrogen and oxygen atoms in total. The standard InChI is InChI=1S/C32H32Cl2N2O4S2/c1-5-39-22(37)14-31(15-35)26-23(17-10-8-7-9-11-17)27(32(31,16-36)28(38)40-6-2)25-19-13-21(34)42-30(19,4)29(3)18(24(25)26)12-20(33)41-29/h12-13,26-27H,5-11,14H2,1-4H3. The number of hydrogen-bond donors (Lipinski definition) is 0. The van der Waals surface area contributed by atoms with Crippen molar-refractivity contribution in [2.24, 2.45) is 22.7 Å². The van der Waals surface area contributed by atoms with E-state index in [-0.39, 0.29) is 13.2 Å². The van der Waals surface area contributed by atoms with E-state index in [9.17, 15) is 20.1 Å². The van der Waals surface area contributed by atoms with E-state index in [2.05, 4.69) is 26.0 Å². The van der Waals surface area contributed by atoms with Gasteiger partial charge >= 0.3 is 11.9 Å². The first-order chi connectivity index (χ1) is 20.0. The molecule has 6 rings (SSSR count). The minimum atomic E-state index is -1.96. The van der Waals surface area contributed by atoms with Gasteiger partial charge in [0.2, 0.25) is 0 Å². The Morgan fingerprint density at radius 3 is 1.95 bits per heavy atom. The fourth-order valence-electron chi connectivity index (χ4n) is 8.58. The van der Waals surface area contributed by atoms with E-state index < -0.39 is 50.5 Å². The Morgan fingerprint density at radius 2 is 1.45 bits per heavy atom. The minimum absolute atomic E-state index is 0.0404. The summed E-state index contributed by atoms with van der Waals surface area (Å²) in [5.74, 6) is -2.80. The van der Waals surface area contributed by atoms with Crippen molar-refractivity contribution < 1.29 is 19.1 Å². The number of allylic oxidation sites excluding steroid dienone is 6. The topological polar surface area (TPSA) is 100 Å². The van der Waals surface area contributed by atoms with Crippen molar-refractivity contribution >= 4 is 58.7 Å². The van der Waals surface area contributed by atoms with Gasteiger partial charge in [-0.1, -0.05) is 40.8 Å². The van der Waals surface area contributed by atoms with Crippen LogP contribution in [0, 0.1) is 45.3 Å². The van der Waals surface area contributed by atoms with Crippen LogP contribution in [0.4, 0.5) is 0 Å². The summed E-state index contributed by atoms with van der Waals surface area (Å²) in [4.78, 5) is 27.6. The van der Waals surface area contributed by atoms with Crippen molar-refractivity contribution in [1.82, 2.24) is 0 Å². The first-order valence-corrected chi connectivity index (χ1v) is 16.9. The predicted octanol–water partition coefficient (Wildman–Crippen LogP) is 7.82. The smallest absolute Gasteiger partial charge is 0.329 e. The highest BCUT2D eigenvalue weighted by Gasteiger charge is 2.81. The maximum Gasteiger partial charge on any atom is 0.329 e. The van der Waals surface area contributed by atoms with Gasteiger partial charge in [0.25, 0.3) is 0 Å². The number of hydrogen-bond acceptors (Lipinski definition) is 8. The number of fused-ring (bicyclic) bond motifs is 8. The second-order valence-corrected chi connectivity index (χ2v) is 16.2. The number of ether oxygens (including phenoxy) is 2. The molecule has 42 heavy (non-hydrogen) atoms. The van der Waals surface area contributed by atoms with Crippen LogP contribution in [-0.4, -0.2) is 34.6 Å². The number of carbonyl (C=O) groups is 2. The van der Waals surface area contributed by atoms with Crippen molar-refractivity contribution in [3.63, 3.8) is 0 Å². The molecule has 0 aromatic heterocycles. The van der Waals surface area contributed by atoms with Crippen LogP contribution in [-0.2, 0) is 19.1 Å². The van der Waals surface area contributed by atoms with E-state index in [0.717, 1.165) is 60.0 Å². The lowest BCUT2D eigenvalue weighted by atomic mass is 9.50. The van der Waals surface area contributed by atoms with E-state index in [0.29, 0.717) is 8.73 Å². The molecule has 220 valence electrons. The second-order valence-electron chi connectivity index (χ2n) is 12.0. The zero-order valence-corrected chi connectivity index (χ0v) is 27.2. The molecular formula is C32H32Cl2N2O4S2. The van der Waals surface area contributed by atoms with E-state index >= 15 is 0 Å². The Hall–Kier alpha value is -2.10. The Balaban J connectivity index is 1.79. The minimum Gasteiger partial charge on any atom is -0.466 e. The van der Waals surface area contributed by atoms with Crippen molar-refractivity contribution in [2.75, 3.05) is 13.2 Å². The zero-order chi connectivity index (χ0) is 30.2. The van der Waals surface area contributed by atoms with Gasteiger partial charge in [-0.25, -0.2) is 0 Å². The number of halogens is 2. The molecule has 0 aromatic rings. The number of thioether (sulfide) groups is 2. The second kappa shape index (κ2) is 10.2. The number of esters is 2. The fraction of sp³-hybridized carbons (Fsp3) is 0.562. The Labute approximate surface area is 265 Å².